The number of ether oxygens (including phenoxy) is 1. The largest absolute Gasteiger partial charge is 0.493 e. The number of hydrogen-bond acceptors (Lipinski definition) is 5. The summed E-state index contributed by atoms with van der Waals surface area (Å²) >= 11 is 1.27. The first-order valence-corrected chi connectivity index (χ1v) is 11.3. The first kappa shape index (κ1) is 20.5. The number of pyridine rings is 1. The number of carbonyl (C=O) groups excluding carboxylic acids is 1. The highest BCUT2D eigenvalue weighted by Gasteiger charge is 2.18. The molecule has 1 saturated carbocycles. The van der Waals surface area contributed by atoms with Gasteiger partial charge in [0.25, 0.3) is 5.56 Å². The van der Waals surface area contributed by atoms with E-state index < -0.39 is 0 Å². The van der Waals surface area contributed by atoms with E-state index in [4.69, 9.17) is 4.74 Å². The number of benzene rings is 1. The summed E-state index contributed by atoms with van der Waals surface area (Å²) in [5.74, 6) is 1.25. The minimum absolute atomic E-state index is 0.0599. The molecule has 0 amide bonds. The number of nitrogens with zero attached hydrogens (tertiary/aromatic N) is 2. The number of carbonyl (C=O) groups is 1. The first-order chi connectivity index (χ1) is 14.6. The molecule has 0 saturated heterocycles. The highest BCUT2D eigenvalue weighted by atomic mass is 32.1. The molecule has 3 aromatic rings. The van der Waals surface area contributed by atoms with Gasteiger partial charge in [0.1, 0.15) is 5.75 Å². The second-order valence-electron chi connectivity index (χ2n) is 7.85. The number of Topliss-reactive ketones (excluding diaryl/α,β-unsaturated/α-hetero) is 1. The Hall–Kier alpha value is -2.73. The molecule has 6 heteroatoms. The Bertz CT molecular complexity index is 1070. The molecule has 0 unspecified atom stereocenters. The lowest BCUT2D eigenvalue weighted by Crippen LogP contribution is -2.17. The Kier molecular flexibility index (Phi) is 6.43. The average molecular weight is 423 g/mol. The third-order valence-electron chi connectivity index (χ3n) is 5.58. The third-order valence-corrected chi connectivity index (χ3v) is 6.78. The fourth-order valence-electron chi connectivity index (χ4n) is 3.86. The SMILES string of the molecule is Cc1nc(-n2ccc(OCC3CCCC3)cc2=O)sc1C(=O)CCc1ccccc1. The minimum atomic E-state index is -0.198. The smallest absolute Gasteiger partial charge is 0.260 e. The Morgan fingerprint density at radius 2 is 1.97 bits per heavy atom. The maximum atomic E-state index is 12.7. The van der Waals surface area contributed by atoms with Crippen molar-refractivity contribution in [1.29, 1.82) is 0 Å². The zero-order chi connectivity index (χ0) is 20.9. The van der Waals surface area contributed by atoms with Crippen molar-refractivity contribution < 1.29 is 9.53 Å². The van der Waals surface area contributed by atoms with Gasteiger partial charge in [0.15, 0.2) is 10.9 Å². The van der Waals surface area contributed by atoms with E-state index in [1.54, 1.807) is 12.3 Å². The summed E-state index contributed by atoms with van der Waals surface area (Å²) in [6, 6.07) is 13.3. The van der Waals surface area contributed by atoms with Crippen molar-refractivity contribution in [2.75, 3.05) is 6.61 Å². The summed E-state index contributed by atoms with van der Waals surface area (Å²) in [5.41, 5.74) is 1.61. The monoisotopic (exact) mass is 422 g/mol. The van der Waals surface area contributed by atoms with Crippen LogP contribution in [-0.4, -0.2) is 21.9 Å². The number of thiazole rings is 1. The van der Waals surface area contributed by atoms with E-state index in [-0.39, 0.29) is 11.3 Å². The molecule has 0 bridgehead atoms. The van der Waals surface area contributed by atoms with Crippen LogP contribution >= 0.6 is 11.3 Å². The van der Waals surface area contributed by atoms with Gasteiger partial charge in [-0.25, -0.2) is 4.98 Å². The molecule has 4 rings (SSSR count). The lowest BCUT2D eigenvalue weighted by Gasteiger charge is -2.11. The van der Waals surface area contributed by atoms with E-state index >= 15 is 0 Å². The molecular weight excluding hydrogens is 396 g/mol. The van der Waals surface area contributed by atoms with E-state index in [0.717, 1.165) is 5.56 Å². The Morgan fingerprint density at radius 1 is 1.20 bits per heavy atom. The van der Waals surface area contributed by atoms with Gasteiger partial charge in [0.2, 0.25) is 0 Å². The molecule has 2 heterocycles. The van der Waals surface area contributed by atoms with E-state index in [2.05, 4.69) is 4.98 Å². The standard InChI is InChI=1S/C24H26N2O3S/c1-17-23(21(27)12-11-18-7-3-2-4-8-18)30-24(25-17)26-14-13-20(15-22(26)28)29-16-19-9-5-6-10-19/h2-4,7-8,13-15,19H,5-6,9-12,16H2,1H3. The van der Waals surface area contributed by atoms with E-state index in [0.29, 0.717) is 46.8 Å². The predicted molar refractivity (Wildman–Crippen MR) is 119 cm³/mol. The molecule has 0 radical (unpaired) electrons. The van der Waals surface area contributed by atoms with Gasteiger partial charge in [-0.2, -0.15) is 0 Å². The van der Waals surface area contributed by atoms with Crippen LogP contribution < -0.4 is 10.3 Å². The van der Waals surface area contributed by atoms with Gasteiger partial charge in [-0.15, -0.1) is 0 Å². The molecule has 0 aliphatic heterocycles. The number of aromatic nitrogens is 2. The van der Waals surface area contributed by atoms with Crippen LogP contribution in [0.3, 0.4) is 0 Å². The molecule has 0 spiro atoms. The minimum Gasteiger partial charge on any atom is -0.493 e. The Labute approximate surface area is 180 Å². The van der Waals surface area contributed by atoms with Crippen molar-refractivity contribution in [2.45, 2.75) is 45.4 Å². The molecule has 0 N–H and O–H groups in total. The van der Waals surface area contributed by atoms with Crippen LogP contribution in [0.2, 0.25) is 0 Å². The summed E-state index contributed by atoms with van der Waals surface area (Å²) in [5, 5.41) is 0.517. The molecule has 30 heavy (non-hydrogen) atoms. The van der Waals surface area contributed by atoms with Crippen LogP contribution in [0.5, 0.6) is 5.75 Å². The highest BCUT2D eigenvalue weighted by Crippen LogP contribution is 2.26. The van der Waals surface area contributed by atoms with Crippen LogP contribution in [0.25, 0.3) is 5.13 Å². The van der Waals surface area contributed by atoms with Gasteiger partial charge in [0.05, 0.1) is 17.2 Å². The van der Waals surface area contributed by atoms with E-state index in [9.17, 15) is 9.59 Å². The van der Waals surface area contributed by atoms with Crippen LogP contribution in [0.1, 0.15) is 53.0 Å². The molecule has 1 aliphatic carbocycles. The second kappa shape index (κ2) is 9.39. The number of rotatable bonds is 8. The zero-order valence-corrected chi connectivity index (χ0v) is 18.0. The van der Waals surface area contributed by atoms with Gasteiger partial charge in [-0.1, -0.05) is 54.5 Å². The summed E-state index contributed by atoms with van der Waals surface area (Å²) in [6.45, 7) is 2.49. The van der Waals surface area contributed by atoms with Crippen molar-refractivity contribution in [2.24, 2.45) is 5.92 Å². The molecule has 1 fully saturated rings. The number of ketones is 1. The maximum absolute atomic E-state index is 12.7. The second-order valence-corrected chi connectivity index (χ2v) is 8.83. The number of aryl methyl sites for hydroxylation is 2. The molecule has 5 nitrogen and oxygen atoms in total. The normalized spacial score (nSPS) is 14.2. The fourth-order valence-corrected chi connectivity index (χ4v) is 4.88. The topological polar surface area (TPSA) is 61.2 Å². The Morgan fingerprint density at radius 3 is 2.70 bits per heavy atom. The molecule has 1 aromatic carbocycles. The predicted octanol–water partition coefficient (Wildman–Crippen LogP) is 4.99. The fraction of sp³-hybridized carbons (Fsp3) is 0.375. The average Bonchev–Trinajstić information content (AvgIpc) is 3.41. The van der Waals surface area contributed by atoms with Crippen LogP contribution in [-0.2, 0) is 6.42 Å². The zero-order valence-electron chi connectivity index (χ0n) is 17.2. The van der Waals surface area contributed by atoms with E-state index in [1.807, 2.05) is 37.3 Å². The molecule has 156 valence electrons. The summed E-state index contributed by atoms with van der Waals surface area (Å²) in [7, 11) is 0. The van der Waals surface area contributed by atoms with Gasteiger partial charge < -0.3 is 4.74 Å². The maximum Gasteiger partial charge on any atom is 0.260 e. The van der Waals surface area contributed by atoms with Gasteiger partial charge >= 0.3 is 0 Å². The molecular formula is C24H26N2O3S. The summed E-state index contributed by atoms with van der Waals surface area (Å²) in [4.78, 5) is 30.4. The van der Waals surface area contributed by atoms with Crippen molar-refractivity contribution in [3.05, 3.63) is 75.1 Å². The third kappa shape index (κ3) is 4.87. The molecule has 0 atom stereocenters. The molecule has 1 aliphatic rings. The van der Waals surface area contributed by atoms with Gasteiger partial charge in [-0.05, 0) is 43.7 Å². The van der Waals surface area contributed by atoms with Gasteiger partial charge in [0, 0.05) is 18.7 Å². The van der Waals surface area contributed by atoms with Crippen molar-refractivity contribution in [3.8, 4) is 10.9 Å². The van der Waals surface area contributed by atoms with Crippen molar-refractivity contribution >= 4 is 17.1 Å². The quantitative estimate of drug-likeness (QED) is 0.480. The van der Waals surface area contributed by atoms with Crippen LogP contribution in [0, 0.1) is 12.8 Å². The van der Waals surface area contributed by atoms with E-state index in [1.165, 1.54) is 47.7 Å². The van der Waals surface area contributed by atoms with Crippen LogP contribution in [0.15, 0.2) is 53.5 Å². The molecule has 2 aromatic heterocycles. The summed E-state index contributed by atoms with van der Waals surface area (Å²) < 4.78 is 7.30. The lowest BCUT2D eigenvalue weighted by molar-refractivity contribution is 0.0986. The lowest BCUT2D eigenvalue weighted by atomic mass is 10.1. The highest BCUT2D eigenvalue weighted by molar-refractivity contribution is 7.16. The Balaban J connectivity index is 1.44. The van der Waals surface area contributed by atoms with Crippen LogP contribution in [0.4, 0.5) is 0 Å². The van der Waals surface area contributed by atoms with Crippen molar-refractivity contribution in [1.82, 2.24) is 9.55 Å². The van der Waals surface area contributed by atoms with Gasteiger partial charge in [-0.3, -0.25) is 14.2 Å². The summed E-state index contributed by atoms with van der Waals surface area (Å²) in [6.07, 6.45) is 7.75. The van der Waals surface area contributed by atoms with Crippen molar-refractivity contribution in [3.63, 3.8) is 0 Å². The number of hydrogen-bond donors (Lipinski definition) is 0. The first-order valence-electron chi connectivity index (χ1n) is 10.5.